The van der Waals surface area contributed by atoms with Gasteiger partial charge in [-0.1, -0.05) is 12.1 Å². The van der Waals surface area contributed by atoms with E-state index in [0.717, 1.165) is 11.3 Å². The highest BCUT2D eigenvalue weighted by molar-refractivity contribution is 5.85. The fourth-order valence-electron chi connectivity index (χ4n) is 1.72. The van der Waals surface area contributed by atoms with E-state index >= 15 is 0 Å². The number of halogens is 1. The minimum absolute atomic E-state index is 0. The van der Waals surface area contributed by atoms with Crippen LogP contribution in [0.3, 0.4) is 0 Å². The normalized spacial score (nSPS) is 15.9. The molecule has 18 heavy (non-hydrogen) atoms. The van der Waals surface area contributed by atoms with Crippen LogP contribution < -0.4 is 10.1 Å². The smallest absolute Gasteiger partial charge is 0.122 e. The second-order valence-electron chi connectivity index (χ2n) is 4.85. The van der Waals surface area contributed by atoms with Gasteiger partial charge in [0.15, 0.2) is 0 Å². The molecule has 1 saturated carbocycles. The third kappa shape index (κ3) is 4.48. The van der Waals surface area contributed by atoms with E-state index in [2.05, 4.69) is 18.3 Å². The van der Waals surface area contributed by atoms with E-state index in [1.807, 2.05) is 19.1 Å². The van der Waals surface area contributed by atoms with Gasteiger partial charge in [0.2, 0.25) is 0 Å². The maximum absolute atomic E-state index is 9.76. The summed E-state index contributed by atoms with van der Waals surface area (Å²) in [6.07, 6.45) is 2.05. The summed E-state index contributed by atoms with van der Waals surface area (Å²) in [6.45, 7) is 5.08. The van der Waals surface area contributed by atoms with E-state index in [4.69, 9.17) is 4.74 Å². The second kappa shape index (κ2) is 6.98. The van der Waals surface area contributed by atoms with Crippen LogP contribution in [0.25, 0.3) is 0 Å². The summed E-state index contributed by atoms with van der Waals surface area (Å²) >= 11 is 0. The van der Waals surface area contributed by atoms with E-state index in [1.54, 1.807) is 0 Å². The third-order valence-electron chi connectivity index (χ3n) is 3.21. The first-order valence-corrected chi connectivity index (χ1v) is 6.27. The maximum atomic E-state index is 9.76. The largest absolute Gasteiger partial charge is 0.491 e. The Morgan fingerprint density at radius 3 is 2.78 bits per heavy atom. The van der Waals surface area contributed by atoms with Crippen molar-refractivity contribution in [2.45, 2.75) is 38.8 Å². The van der Waals surface area contributed by atoms with Gasteiger partial charge in [-0.2, -0.15) is 0 Å². The molecule has 0 saturated heterocycles. The van der Waals surface area contributed by atoms with Crippen LogP contribution in [0.5, 0.6) is 5.75 Å². The quantitative estimate of drug-likeness (QED) is 0.834. The molecule has 3 nitrogen and oxygen atoms in total. The lowest BCUT2D eigenvalue weighted by Crippen LogP contribution is -2.32. The number of hydrogen-bond acceptors (Lipinski definition) is 3. The molecule has 0 heterocycles. The molecule has 1 aliphatic carbocycles. The Balaban J connectivity index is 0.00000162. The van der Waals surface area contributed by atoms with E-state index in [-0.39, 0.29) is 12.4 Å². The molecule has 2 rings (SSSR count). The van der Waals surface area contributed by atoms with Crippen LogP contribution >= 0.6 is 12.4 Å². The Hall–Kier alpha value is -0.770. The van der Waals surface area contributed by atoms with Crippen LogP contribution in [0.15, 0.2) is 18.2 Å². The van der Waals surface area contributed by atoms with Crippen molar-refractivity contribution in [1.29, 1.82) is 0 Å². The molecule has 1 fully saturated rings. The Morgan fingerprint density at radius 2 is 2.11 bits per heavy atom. The molecule has 0 spiro atoms. The SMILES string of the molecule is Cc1cccc(OCC(O)CNC2CC2)c1C.Cl. The Labute approximate surface area is 115 Å². The van der Waals surface area contributed by atoms with Crippen LogP contribution in [0.2, 0.25) is 0 Å². The number of aliphatic hydroxyl groups excluding tert-OH is 1. The number of aliphatic hydroxyl groups is 1. The number of rotatable bonds is 6. The first-order chi connectivity index (χ1) is 8.16. The lowest BCUT2D eigenvalue weighted by atomic mass is 10.1. The van der Waals surface area contributed by atoms with Gasteiger partial charge in [0.25, 0.3) is 0 Å². The molecule has 1 aromatic rings. The number of aryl methyl sites for hydroxylation is 1. The molecule has 0 amide bonds. The highest BCUT2D eigenvalue weighted by Gasteiger charge is 2.21. The number of hydrogen-bond donors (Lipinski definition) is 2. The minimum Gasteiger partial charge on any atom is -0.491 e. The van der Waals surface area contributed by atoms with Crippen molar-refractivity contribution in [3.05, 3.63) is 29.3 Å². The lowest BCUT2D eigenvalue weighted by molar-refractivity contribution is 0.106. The third-order valence-corrected chi connectivity index (χ3v) is 3.21. The van der Waals surface area contributed by atoms with Gasteiger partial charge in [-0.15, -0.1) is 12.4 Å². The molecular weight excluding hydrogens is 250 g/mol. The summed E-state index contributed by atoms with van der Waals surface area (Å²) in [4.78, 5) is 0. The summed E-state index contributed by atoms with van der Waals surface area (Å²) in [5, 5.41) is 13.0. The van der Waals surface area contributed by atoms with Crippen LogP contribution in [0.1, 0.15) is 24.0 Å². The molecule has 1 unspecified atom stereocenters. The monoisotopic (exact) mass is 271 g/mol. The number of nitrogens with one attached hydrogen (secondary N) is 1. The van der Waals surface area contributed by atoms with Gasteiger partial charge in [0, 0.05) is 12.6 Å². The number of ether oxygens (including phenoxy) is 1. The average Bonchev–Trinajstić information content (AvgIpc) is 3.12. The number of benzene rings is 1. The van der Waals surface area contributed by atoms with Gasteiger partial charge < -0.3 is 15.2 Å². The van der Waals surface area contributed by atoms with Gasteiger partial charge >= 0.3 is 0 Å². The summed E-state index contributed by atoms with van der Waals surface area (Å²) in [5.41, 5.74) is 2.36. The van der Waals surface area contributed by atoms with Gasteiger partial charge in [0.1, 0.15) is 18.5 Å². The molecule has 2 N–H and O–H groups in total. The Morgan fingerprint density at radius 1 is 1.39 bits per heavy atom. The van der Waals surface area contributed by atoms with Crippen molar-refractivity contribution in [3.8, 4) is 5.75 Å². The minimum atomic E-state index is -0.435. The van der Waals surface area contributed by atoms with Crippen LogP contribution in [0, 0.1) is 13.8 Å². The molecule has 102 valence electrons. The van der Waals surface area contributed by atoms with Crippen molar-refractivity contribution < 1.29 is 9.84 Å². The van der Waals surface area contributed by atoms with E-state index in [9.17, 15) is 5.11 Å². The summed E-state index contributed by atoms with van der Waals surface area (Å²) in [5.74, 6) is 0.871. The molecule has 1 atom stereocenters. The highest BCUT2D eigenvalue weighted by atomic mass is 35.5. The molecule has 0 aliphatic heterocycles. The van der Waals surface area contributed by atoms with E-state index < -0.39 is 6.10 Å². The molecule has 0 bridgehead atoms. The fourth-order valence-corrected chi connectivity index (χ4v) is 1.72. The summed E-state index contributed by atoms with van der Waals surface area (Å²) in [7, 11) is 0. The van der Waals surface area contributed by atoms with Gasteiger partial charge in [0.05, 0.1) is 0 Å². The molecular formula is C14H22ClNO2. The van der Waals surface area contributed by atoms with Crippen molar-refractivity contribution in [2.75, 3.05) is 13.2 Å². The fraction of sp³-hybridized carbons (Fsp3) is 0.571. The van der Waals surface area contributed by atoms with Crippen molar-refractivity contribution in [3.63, 3.8) is 0 Å². The first kappa shape index (κ1) is 15.3. The van der Waals surface area contributed by atoms with Crippen LogP contribution in [-0.4, -0.2) is 30.4 Å². The molecule has 1 aliphatic rings. The Kier molecular flexibility index (Phi) is 5.93. The van der Waals surface area contributed by atoms with Crippen LogP contribution in [0.4, 0.5) is 0 Å². The zero-order valence-corrected chi connectivity index (χ0v) is 11.8. The lowest BCUT2D eigenvalue weighted by Gasteiger charge is -2.15. The molecule has 0 radical (unpaired) electrons. The highest BCUT2D eigenvalue weighted by Crippen LogP contribution is 2.21. The summed E-state index contributed by atoms with van der Waals surface area (Å²) in [6, 6.07) is 6.62. The van der Waals surface area contributed by atoms with E-state index in [0.29, 0.717) is 19.2 Å². The van der Waals surface area contributed by atoms with Crippen LogP contribution in [-0.2, 0) is 0 Å². The molecule has 4 heteroatoms. The van der Waals surface area contributed by atoms with Crippen molar-refractivity contribution in [1.82, 2.24) is 5.32 Å². The molecule has 1 aromatic carbocycles. The zero-order valence-electron chi connectivity index (χ0n) is 11.0. The average molecular weight is 272 g/mol. The van der Waals surface area contributed by atoms with Crippen molar-refractivity contribution in [2.24, 2.45) is 0 Å². The van der Waals surface area contributed by atoms with Gasteiger partial charge in [-0.3, -0.25) is 0 Å². The molecule has 0 aromatic heterocycles. The first-order valence-electron chi connectivity index (χ1n) is 6.27. The maximum Gasteiger partial charge on any atom is 0.122 e. The van der Waals surface area contributed by atoms with Gasteiger partial charge in [-0.25, -0.2) is 0 Å². The predicted molar refractivity (Wildman–Crippen MR) is 75.7 cm³/mol. The second-order valence-corrected chi connectivity index (χ2v) is 4.85. The zero-order chi connectivity index (χ0) is 12.3. The summed E-state index contributed by atoms with van der Waals surface area (Å²) < 4.78 is 5.64. The van der Waals surface area contributed by atoms with E-state index in [1.165, 1.54) is 18.4 Å². The van der Waals surface area contributed by atoms with Crippen molar-refractivity contribution >= 4 is 12.4 Å². The predicted octanol–water partition coefficient (Wildman–Crippen LogP) is 2.22. The Bertz CT molecular complexity index is 380. The van der Waals surface area contributed by atoms with Gasteiger partial charge in [-0.05, 0) is 43.9 Å². The topological polar surface area (TPSA) is 41.5 Å². The standard InChI is InChI=1S/C14H21NO2.ClH/c1-10-4-3-5-14(11(10)2)17-9-13(16)8-15-12-6-7-12;/h3-5,12-13,15-16H,6-9H2,1-2H3;1H.